The molecular formula is C20H18F3N5O5. The van der Waals surface area contributed by atoms with E-state index < -0.39 is 28.3 Å². The number of halogens is 3. The molecule has 0 unspecified atom stereocenters. The third-order valence-electron chi connectivity index (χ3n) is 5.42. The standard InChI is InChI=1S/C20H18F3N5O5/c21-20(22,23)12-1-4-17(24-10-12)26-7-5-13(6-8-26)25-18(29)11-27-15-3-2-14(28(31)32)9-16(15)33-19(27)30/h1-4,9-10,13H,5-8,11H2,(H,25,29). The van der Waals surface area contributed by atoms with Crippen LogP contribution in [0, 0.1) is 10.1 Å². The Hall–Kier alpha value is -3.90. The molecule has 174 valence electrons. The lowest BCUT2D eigenvalue weighted by Gasteiger charge is -2.33. The zero-order valence-corrected chi connectivity index (χ0v) is 17.0. The van der Waals surface area contributed by atoms with Gasteiger partial charge in [-0.1, -0.05) is 0 Å². The zero-order chi connectivity index (χ0) is 23.8. The number of carbonyl (C=O) groups excluding carboxylic acids is 1. The number of nitrogens with zero attached hydrogens (tertiary/aromatic N) is 4. The van der Waals surface area contributed by atoms with Crippen LogP contribution in [-0.2, 0) is 17.5 Å². The number of anilines is 1. The molecule has 0 radical (unpaired) electrons. The van der Waals surface area contributed by atoms with Crippen molar-refractivity contribution in [2.75, 3.05) is 18.0 Å². The number of nitro groups is 1. The highest BCUT2D eigenvalue weighted by molar-refractivity contribution is 5.80. The fourth-order valence-corrected chi connectivity index (χ4v) is 3.73. The minimum Gasteiger partial charge on any atom is -0.407 e. The molecule has 1 N–H and O–H groups in total. The third-order valence-corrected chi connectivity index (χ3v) is 5.42. The number of amides is 1. The molecule has 0 bridgehead atoms. The van der Waals surface area contributed by atoms with Crippen LogP contribution in [0.15, 0.2) is 45.7 Å². The Balaban J connectivity index is 1.35. The number of rotatable bonds is 5. The van der Waals surface area contributed by atoms with E-state index in [1.807, 2.05) is 4.90 Å². The van der Waals surface area contributed by atoms with Gasteiger partial charge in [-0.25, -0.2) is 9.78 Å². The van der Waals surface area contributed by atoms with Crippen LogP contribution in [-0.4, -0.2) is 39.5 Å². The van der Waals surface area contributed by atoms with Crippen LogP contribution in [0.1, 0.15) is 18.4 Å². The van der Waals surface area contributed by atoms with E-state index in [2.05, 4.69) is 10.3 Å². The van der Waals surface area contributed by atoms with Crippen molar-refractivity contribution >= 4 is 28.5 Å². The van der Waals surface area contributed by atoms with Crippen molar-refractivity contribution < 1.29 is 27.3 Å². The van der Waals surface area contributed by atoms with Crippen LogP contribution in [0.4, 0.5) is 24.7 Å². The summed E-state index contributed by atoms with van der Waals surface area (Å²) in [6.45, 7) is 0.660. The van der Waals surface area contributed by atoms with E-state index >= 15 is 0 Å². The summed E-state index contributed by atoms with van der Waals surface area (Å²) in [7, 11) is 0. The smallest absolute Gasteiger partial charge is 0.407 e. The number of carbonyl (C=O) groups is 1. The Labute approximate surface area is 183 Å². The minimum atomic E-state index is -4.44. The van der Waals surface area contributed by atoms with Crippen molar-refractivity contribution in [2.45, 2.75) is 31.6 Å². The van der Waals surface area contributed by atoms with Crippen molar-refractivity contribution in [2.24, 2.45) is 0 Å². The van der Waals surface area contributed by atoms with Crippen LogP contribution in [0.3, 0.4) is 0 Å². The summed E-state index contributed by atoms with van der Waals surface area (Å²) >= 11 is 0. The number of hydrogen-bond donors (Lipinski definition) is 1. The first-order valence-electron chi connectivity index (χ1n) is 9.97. The first-order valence-corrected chi connectivity index (χ1v) is 9.97. The number of oxazole rings is 1. The molecule has 1 aliphatic rings. The lowest BCUT2D eigenvalue weighted by Crippen LogP contribution is -2.46. The Bertz CT molecular complexity index is 1240. The number of benzene rings is 1. The molecule has 1 amide bonds. The third kappa shape index (κ3) is 4.81. The van der Waals surface area contributed by atoms with Gasteiger partial charge < -0.3 is 14.6 Å². The van der Waals surface area contributed by atoms with Crippen molar-refractivity contribution in [3.05, 3.63) is 62.8 Å². The second-order valence-corrected chi connectivity index (χ2v) is 7.59. The molecule has 1 aliphatic heterocycles. The van der Waals surface area contributed by atoms with E-state index in [-0.39, 0.29) is 29.4 Å². The van der Waals surface area contributed by atoms with E-state index in [1.54, 1.807) is 0 Å². The fraction of sp³-hybridized carbons (Fsp3) is 0.350. The van der Waals surface area contributed by atoms with E-state index in [4.69, 9.17) is 4.42 Å². The number of hydrogen-bond acceptors (Lipinski definition) is 7. The predicted molar refractivity (Wildman–Crippen MR) is 110 cm³/mol. The molecule has 0 spiro atoms. The van der Waals surface area contributed by atoms with Gasteiger partial charge >= 0.3 is 11.9 Å². The lowest BCUT2D eigenvalue weighted by molar-refractivity contribution is -0.384. The quantitative estimate of drug-likeness (QED) is 0.454. The Morgan fingerprint density at radius 2 is 1.97 bits per heavy atom. The van der Waals surface area contributed by atoms with Gasteiger partial charge in [0.2, 0.25) is 5.91 Å². The number of nitro benzene ring substituents is 1. The van der Waals surface area contributed by atoms with E-state index in [9.17, 15) is 32.9 Å². The molecular weight excluding hydrogens is 447 g/mol. The molecule has 3 heterocycles. The minimum absolute atomic E-state index is 0.0133. The number of nitrogens with one attached hydrogen (secondary N) is 1. The summed E-state index contributed by atoms with van der Waals surface area (Å²) in [5.41, 5.74) is -0.768. The summed E-state index contributed by atoms with van der Waals surface area (Å²) in [5, 5.41) is 13.7. The molecule has 0 saturated carbocycles. The highest BCUT2D eigenvalue weighted by Crippen LogP contribution is 2.29. The summed E-state index contributed by atoms with van der Waals surface area (Å²) < 4.78 is 44.2. The average Bonchev–Trinajstić information content (AvgIpc) is 3.08. The molecule has 0 aliphatic carbocycles. The molecule has 13 heteroatoms. The maximum Gasteiger partial charge on any atom is 0.420 e. The number of alkyl halides is 3. The molecule has 2 aromatic heterocycles. The van der Waals surface area contributed by atoms with E-state index in [1.165, 1.54) is 18.2 Å². The van der Waals surface area contributed by atoms with Crippen molar-refractivity contribution in [3.8, 4) is 0 Å². The number of non-ortho nitro benzene ring substituents is 1. The number of piperidine rings is 1. The molecule has 1 fully saturated rings. The number of fused-ring (bicyclic) bond motifs is 1. The number of pyridine rings is 1. The molecule has 0 atom stereocenters. The molecule has 3 aromatic rings. The zero-order valence-electron chi connectivity index (χ0n) is 17.0. The van der Waals surface area contributed by atoms with Crippen LogP contribution >= 0.6 is 0 Å². The molecule has 1 saturated heterocycles. The fourth-order valence-electron chi connectivity index (χ4n) is 3.73. The topological polar surface area (TPSA) is 124 Å². The van der Waals surface area contributed by atoms with Crippen LogP contribution < -0.4 is 16.0 Å². The molecule has 1 aromatic carbocycles. The predicted octanol–water partition coefficient (Wildman–Crippen LogP) is 2.70. The van der Waals surface area contributed by atoms with E-state index in [0.717, 1.165) is 22.9 Å². The van der Waals surface area contributed by atoms with Gasteiger partial charge in [0.1, 0.15) is 12.4 Å². The van der Waals surface area contributed by atoms with Gasteiger partial charge in [0, 0.05) is 31.4 Å². The Morgan fingerprint density at radius 1 is 1.24 bits per heavy atom. The maximum absolute atomic E-state index is 12.7. The molecule has 33 heavy (non-hydrogen) atoms. The monoisotopic (exact) mass is 465 g/mol. The first-order chi connectivity index (χ1) is 15.6. The van der Waals surface area contributed by atoms with Gasteiger partial charge in [-0.15, -0.1) is 0 Å². The molecule has 10 nitrogen and oxygen atoms in total. The summed E-state index contributed by atoms with van der Waals surface area (Å²) in [6.07, 6.45) is -2.56. The van der Waals surface area contributed by atoms with E-state index in [0.29, 0.717) is 31.7 Å². The van der Waals surface area contributed by atoms with Gasteiger partial charge in [-0.05, 0) is 31.0 Å². The normalized spacial score (nSPS) is 15.1. The SMILES string of the molecule is O=C(Cn1c(=O)oc2cc([N+](=O)[O-])ccc21)NC1CCN(c2ccc(C(F)(F)F)cn2)CC1. The maximum atomic E-state index is 12.7. The van der Waals surface area contributed by atoms with Crippen molar-refractivity contribution in [3.63, 3.8) is 0 Å². The lowest BCUT2D eigenvalue weighted by atomic mass is 10.0. The first kappa shape index (κ1) is 22.3. The highest BCUT2D eigenvalue weighted by atomic mass is 19.4. The van der Waals surface area contributed by atoms with Crippen molar-refractivity contribution in [1.29, 1.82) is 0 Å². The Kier molecular flexibility index (Phi) is 5.78. The highest BCUT2D eigenvalue weighted by Gasteiger charge is 2.31. The van der Waals surface area contributed by atoms with Crippen LogP contribution in [0.25, 0.3) is 11.1 Å². The van der Waals surface area contributed by atoms with Crippen LogP contribution in [0.2, 0.25) is 0 Å². The van der Waals surface area contributed by atoms with Gasteiger partial charge in [0.05, 0.1) is 22.1 Å². The summed E-state index contributed by atoms with van der Waals surface area (Å²) in [6, 6.07) is 5.81. The van der Waals surface area contributed by atoms with Gasteiger partial charge in [-0.2, -0.15) is 13.2 Å². The van der Waals surface area contributed by atoms with Crippen LogP contribution in [0.5, 0.6) is 0 Å². The molecule has 4 rings (SSSR count). The average molecular weight is 465 g/mol. The van der Waals surface area contributed by atoms with Gasteiger partial charge in [-0.3, -0.25) is 19.5 Å². The second-order valence-electron chi connectivity index (χ2n) is 7.59. The summed E-state index contributed by atoms with van der Waals surface area (Å²) in [5.74, 6) is -0.800. The van der Waals surface area contributed by atoms with Crippen molar-refractivity contribution in [1.82, 2.24) is 14.9 Å². The second kappa shape index (κ2) is 8.56. The van der Waals surface area contributed by atoms with Gasteiger partial charge in [0.25, 0.3) is 5.69 Å². The largest absolute Gasteiger partial charge is 0.420 e. The number of aromatic nitrogens is 2. The Morgan fingerprint density at radius 3 is 2.58 bits per heavy atom. The summed E-state index contributed by atoms with van der Waals surface area (Å²) in [4.78, 5) is 40.6. The van der Waals surface area contributed by atoms with Gasteiger partial charge in [0.15, 0.2) is 5.58 Å².